The summed E-state index contributed by atoms with van der Waals surface area (Å²) in [6, 6.07) is 59.4. The first-order chi connectivity index (χ1) is 43.5. The number of fused-ring (bicyclic) bond motifs is 6. The molecule has 0 amide bonds. The predicted octanol–water partition coefficient (Wildman–Crippen LogP) is 17.2. The van der Waals surface area contributed by atoms with E-state index in [1.165, 1.54) is 21.1 Å². The summed E-state index contributed by atoms with van der Waals surface area (Å²) in [4.78, 5) is 11.7. The molecule has 81 heavy (non-hydrogen) atoms. The van der Waals surface area contributed by atoms with Gasteiger partial charge in [0.1, 0.15) is 24.0 Å². The van der Waals surface area contributed by atoms with E-state index in [9.17, 15) is 2.74 Å². The van der Waals surface area contributed by atoms with Crippen molar-refractivity contribution >= 4 is 68.8 Å². The molecule has 0 bridgehead atoms. The molecule has 5 nitrogen and oxygen atoms in total. The monoisotopic (exact) mass is 1070 g/mol. The summed E-state index contributed by atoms with van der Waals surface area (Å²) in [6.07, 6.45) is 1.62. The Hall–Kier alpha value is -9.23. The highest BCUT2D eigenvalue weighted by molar-refractivity contribution is 7.23. The normalized spacial score (nSPS) is 16.8. The molecule has 14 rings (SSSR count). The summed E-state index contributed by atoms with van der Waals surface area (Å²) in [5.74, 6) is 1.73. The minimum Gasteiger partial charge on any atom is -0.457 e. The fourth-order valence-electron chi connectivity index (χ4n) is 12.5. The Kier molecular flexibility index (Phi) is 9.51. The lowest BCUT2D eigenvalue weighted by Crippen LogP contribution is -2.75. The lowest BCUT2D eigenvalue weighted by Gasteiger charge is -2.43. The summed E-state index contributed by atoms with van der Waals surface area (Å²) in [5.41, 5.74) is 13.0. The summed E-state index contributed by atoms with van der Waals surface area (Å²) in [5, 5.41) is 4.88. The Morgan fingerprint density at radius 3 is 1.75 bits per heavy atom. The molecule has 10 aromatic carbocycles. The number of pyridine rings is 1. The fourth-order valence-corrected chi connectivity index (χ4v) is 18.0. The van der Waals surface area contributed by atoms with Crippen LogP contribution in [0.2, 0.25) is 0 Å². The van der Waals surface area contributed by atoms with Crippen molar-refractivity contribution in [3.63, 3.8) is 0 Å². The van der Waals surface area contributed by atoms with E-state index in [1.807, 2.05) is 55.5 Å². The van der Waals surface area contributed by atoms with Gasteiger partial charge in [0.15, 0.2) is 8.07 Å². The van der Waals surface area contributed by atoms with Gasteiger partial charge in [-0.3, -0.25) is 4.90 Å². The maximum atomic E-state index is 9.35. The lowest BCUT2D eigenvalue weighted by atomic mass is 9.78. The first-order valence-corrected chi connectivity index (χ1v) is 29.5. The van der Waals surface area contributed by atoms with Crippen LogP contribution in [0.5, 0.6) is 11.5 Å². The molecule has 0 saturated carbocycles. The van der Waals surface area contributed by atoms with Crippen LogP contribution in [0.25, 0.3) is 44.5 Å². The van der Waals surface area contributed by atoms with Gasteiger partial charge in [-0.2, -0.15) is 0 Å². The molecule has 3 aliphatic heterocycles. The molecular formula is C75H64N4OSi. The highest BCUT2D eigenvalue weighted by Crippen LogP contribution is 2.52. The molecule has 0 aliphatic carbocycles. The highest BCUT2D eigenvalue weighted by atomic mass is 28.3. The quantitative estimate of drug-likeness (QED) is 0.135. The van der Waals surface area contributed by atoms with Crippen LogP contribution in [0, 0.1) is 6.92 Å². The smallest absolute Gasteiger partial charge is 0.185 e. The Labute approximate surface area is 492 Å². The molecule has 0 saturated heterocycles. The van der Waals surface area contributed by atoms with Crippen LogP contribution in [0.1, 0.15) is 71.9 Å². The first kappa shape index (κ1) is 40.0. The second-order valence-corrected chi connectivity index (χ2v) is 27.0. The molecule has 6 heteroatoms. The van der Waals surface area contributed by atoms with Crippen LogP contribution in [0.15, 0.2) is 249 Å². The number of benzene rings is 10. The summed E-state index contributed by atoms with van der Waals surface area (Å²) < 4.78 is 95.1. The summed E-state index contributed by atoms with van der Waals surface area (Å²) in [6.45, 7) is 15.4. The topological polar surface area (TPSA) is 31.8 Å². The number of hydrogen-bond acceptors (Lipinski definition) is 5. The Morgan fingerprint density at radius 1 is 0.469 bits per heavy atom. The SMILES string of the molecule is [2H]c1c([2H])c([2H])c(-c2cnc(N3c4cc(Oc5cccc(N6CN(c7c(-c8cc(C(C)(C)C)cc(C(C)(C)C)c8)cccc7-c7c([2H])c([2H])c([2H])c([2H])c7[2H])c7ccccc76)c5)ccc4[Si]4(c5ccccc5)c5ccccc5-c5cccc3c54)cc2C)c([2H])c1[2H]. The Balaban J connectivity index is 0.908. The molecule has 394 valence electrons. The zero-order valence-corrected chi connectivity index (χ0v) is 47.3. The van der Waals surface area contributed by atoms with E-state index in [4.69, 9.17) is 20.7 Å². The molecule has 1 unspecified atom stereocenters. The molecule has 11 aromatic rings. The molecule has 0 N–H and O–H groups in total. The van der Waals surface area contributed by atoms with E-state index in [1.54, 1.807) is 6.20 Å². The number of para-hydroxylation sites is 3. The second kappa shape index (κ2) is 19.3. The summed E-state index contributed by atoms with van der Waals surface area (Å²) in [7, 11) is -3.08. The average molecular weight is 1080 g/mol. The van der Waals surface area contributed by atoms with Crippen LogP contribution in [-0.2, 0) is 10.8 Å². The molecule has 0 fully saturated rings. The third kappa shape index (κ3) is 8.30. The van der Waals surface area contributed by atoms with E-state index in [0.717, 1.165) is 61.4 Å². The van der Waals surface area contributed by atoms with Gasteiger partial charge in [-0.05, 0) is 125 Å². The highest BCUT2D eigenvalue weighted by Gasteiger charge is 2.55. The predicted molar refractivity (Wildman–Crippen MR) is 342 cm³/mol. The standard InChI is InChI=1S/C75H64N4OSi/c1-50-42-71(76-48-64(50)52-26-13-9-14-27-52)79-67-38-23-35-63-62-32-17-20-39-69(62)81(73(63)67,59-30-15-10-16-31-59)70-41-40-58(47-68(70)79)80-57-29-21-28-56(46-57)77-49-78(66-37-19-18-36-65(66)77)72-60(51-24-11-8-12-25-51)33-22-34-61(72)53-43-54(74(2,3)4)45-55(44-53)75(5,6)7/h8-48H,49H2,1-7H3/i8D,9D,11D,12D,13D,14D,24D,25D,26D,27D. The van der Waals surface area contributed by atoms with Crippen molar-refractivity contribution in [1.29, 1.82) is 0 Å². The van der Waals surface area contributed by atoms with E-state index >= 15 is 0 Å². The first-order valence-electron chi connectivity index (χ1n) is 32.5. The van der Waals surface area contributed by atoms with Gasteiger partial charge in [-0.25, -0.2) is 4.98 Å². The van der Waals surface area contributed by atoms with Gasteiger partial charge in [0.25, 0.3) is 0 Å². The third-order valence-electron chi connectivity index (χ3n) is 16.4. The van der Waals surface area contributed by atoms with Gasteiger partial charge in [-0.15, -0.1) is 0 Å². The van der Waals surface area contributed by atoms with Crippen molar-refractivity contribution in [2.24, 2.45) is 0 Å². The number of nitrogens with zero attached hydrogens (tertiary/aromatic N) is 4. The van der Waals surface area contributed by atoms with Gasteiger partial charge < -0.3 is 14.5 Å². The van der Waals surface area contributed by atoms with Crippen molar-refractivity contribution < 1.29 is 18.4 Å². The van der Waals surface area contributed by atoms with Crippen LogP contribution in [0.3, 0.4) is 0 Å². The van der Waals surface area contributed by atoms with Gasteiger partial charge >= 0.3 is 0 Å². The molecule has 0 spiro atoms. The maximum Gasteiger partial charge on any atom is 0.185 e. The number of rotatable bonds is 9. The van der Waals surface area contributed by atoms with E-state index in [-0.39, 0.29) is 46.1 Å². The number of aromatic nitrogens is 1. The van der Waals surface area contributed by atoms with Crippen LogP contribution >= 0.6 is 0 Å². The summed E-state index contributed by atoms with van der Waals surface area (Å²) >= 11 is 0. The van der Waals surface area contributed by atoms with Crippen molar-refractivity contribution in [3.05, 3.63) is 265 Å². The zero-order valence-electron chi connectivity index (χ0n) is 56.3. The van der Waals surface area contributed by atoms with Gasteiger partial charge in [0.2, 0.25) is 0 Å². The van der Waals surface area contributed by atoms with Crippen molar-refractivity contribution in [2.45, 2.75) is 59.3 Å². The average Bonchev–Trinajstić information content (AvgIpc) is 1.41. The van der Waals surface area contributed by atoms with E-state index < -0.39 is 44.3 Å². The molecule has 1 atom stereocenters. The number of ether oxygens (including phenoxy) is 1. The fraction of sp³-hybridized carbons (Fsp3) is 0.133. The van der Waals surface area contributed by atoms with Crippen molar-refractivity contribution in [1.82, 2.24) is 4.98 Å². The molecule has 0 radical (unpaired) electrons. The maximum absolute atomic E-state index is 9.35. The van der Waals surface area contributed by atoms with Crippen molar-refractivity contribution in [2.75, 3.05) is 21.4 Å². The van der Waals surface area contributed by atoms with Gasteiger partial charge in [0, 0.05) is 46.4 Å². The minimum absolute atomic E-state index is 0.0932. The molecular weight excluding hydrogens is 1000 g/mol. The zero-order chi connectivity index (χ0) is 63.9. The van der Waals surface area contributed by atoms with E-state index in [0.29, 0.717) is 46.4 Å². The van der Waals surface area contributed by atoms with Gasteiger partial charge in [0.05, 0.1) is 36.5 Å². The van der Waals surface area contributed by atoms with Crippen LogP contribution in [0.4, 0.5) is 39.9 Å². The number of aryl methyl sites for hydroxylation is 1. The number of anilines is 7. The number of hydrogen-bond donors (Lipinski definition) is 0. The van der Waals surface area contributed by atoms with E-state index in [2.05, 4.69) is 190 Å². The lowest BCUT2D eigenvalue weighted by molar-refractivity contribution is 0.483. The van der Waals surface area contributed by atoms with Crippen LogP contribution < -0.4 is 40.2 Å². The molecule has 1 aromatic heterocycles. The molecule has 3 aliphatic rings. The largest absolute Gasteiger partial charge is 0.457 e. The van der Waals surface area contributed by atoms with Crippen LogP contribution in [-0.4, -0.2) is 19.7 Å². The second-order valence-electron chi connectivity index (χ2n) is 23.3. The Morgan fingerprint density at radius 2 is 1.05 bits per heavy atom. The third-order valence-corrected chi connectivity index (χ3v) is 21.3. The molecule has 4 heterocycles. The minimum atomic E-state index is -3.08. The Bertz CT molecular complexity index is 4780. The van der Waals surface area contributed by atoms with Gasteiger partial charge in [-0.1, -0.05) is 229 Å². The van der Waals surface area contributed by atoms with Crippen molar-refractivity contribution in [3.8, 4) is 56.0 Å².